The third kappa shape index (κ3) is 1.90. The predicted octanol–water partition coefficient (Wildman–Crippen LogP) is 3.45. The molecule has 0 aromatic heterocycles. The minimum Gasteiger partial charge on any atom is -0.369 e. The van der Waals surface area contributed by atoms with Crippen LogP contribution >= 0.6 is 22.6 Å². The first-order valence-corrected chi connectivity index (χ1v) is 6.31. The molecule has 0 saturated heterocycles. The van der Waals surface area contributed by atoms with Gasteiger partial charge in [0, 0.05) is 21.8 Å². The first-order chi connectivity index (χ1) is 6.68. The monoisotopic (exact) mass is 301 g/mol. The molecule has 2 heteroatoms. The number of fused-ring (bicyclic) bond motifs is 1. The van der Waals surface area contributed by atoms with E-state index in [-0.39, 0.29) is 0 Å². The third-order valence-corrected chi connectivity index (χ3v) is 3.49. The van der Waals surface area contributed by atoms with E-state index in [9.17, 15) is 0 Å². The highest BCUT2D eigenvalue weighted by atomic mass is 127. The summed E-state index contributed by atoms with van der Waals surface area (Å²) in [5.74, 6) is 0. The quantitative estimate of drug-likeness (QED) is 0.718. The minimum atomic E-state index is 0.620. The molecule has 14 heavy (non-hydrogen) atoms. The number of hydrogen-bond acceptors (Lipinski definition) is 1. The average Bonchev–Trinajstić information content (AvgIpc) is 2.16. The SMILES string of the molecule is CC(C)N1CCCc2cc(I)ccc21. The van der Waals surface area contributed by atoms with E-state index in [1.54, 1.807) is 0 Å². The summed E-state index contributed by atoms with van der Waals surface area (Å²) in [5.41, 5.74) is 2.98. The zero-order valence-electron chi connectivity index (χ0n) is 8.76. The van der Waals surface area contributed by atoms with Crippen molar-refractivity contribution < 1.29 is 0 Å². The van der Waals surface area contributed by atoms with Crippen LogP contribution in [0.25, 0.3) is 0 Å². The largest absolute Gasteiger partial charge is 0.369 e. The summed E-state index contributed by atoms with van der Waals surface area (Å²) >= 11 is 2.39. The molecular formula is C12H16IN. The molecular weight excluding hydrogens is 285 g/mol. The van der Waals surface area contributed by atoms with Gasteiger partial charge >= 0.3 is 0 Å². The molecule has 0 bridgehead atoms. The Hall–Kier alpha value is -0.250. The molecule has 1 aliphatic heterocycles. The second kappa shape index (κ2) is 4.09. The van der Waals surface area contributed by atoms with Crippen molar-refractivity contribution in [1.82, 2.24) is 0 Å². The fraction of sp³-hybridized carbons (Fsp3) is 0.500. The maximum Gasteiger partial charge on any atom is 0.0401 e. The zero-order chi connectivity index (χ0) is 10.1. The fourth-order valence-electron chi connectivity index (χ4n) is 2.13. The van der Waals surface area contributed by atoms with E-state index in [4.69, 9.17) is 0 Å². The maximum atomic E-state index is 2.51. The molecule has 1 aliphatic rings. The fourth-order valence-corrected chi connectivity index (χ4v) is 2.69. The van der Waals surface area contributed by atoms with E-state index in [0.29, 0.717) is 6.04 Å². The van der Waals surface area contributed by atoms with Crippen LogP contribution in [-0.2, 0) is 6.42 Å². The number of hydrogen-bond donors (Lipinski definition) is 0. The van der Waals surface area contributed by atoms with E-state index in [1.807, 2.05) is 0 Å². The van der Waals surface area contributed by atoms with Gasteiger partial charge in [-0.25, -0.2) is 0 Å². The Morgan fingerprint density at radius 3 is 2.86 bits per heavy atom. The molecule has 1 nitrogen and oxygen atoms in total. The van der Waals surface area contributed by atoms with Gasteiger partial charge in [0.05, 0.1) is 0 Å². The molecule has 0 atom stereocenters. The summed E-state index contributed by atoms with van der Waals surface area (Å²) in [6, 6.07) is 7.43. The van der Waals surface area contributed by atoms with Crippen LogP contribution in [0.5, 0.6) is 0 Å². The average molecular weight is 301 g/mol. The van der Waals surface area contributed by atoms with Gasteiger partial charge in [-0.2, -0.15) is 0 Å². The number of nitrogens with zero attached hydrogens (tertiary/aromatic N) is 1. The Morgan fingerprint density at radius 1 is 1.36 bits per heavy atom. The summed E-state index contributed by atoms with van der Waals surface area (Å²) in [6.07, 6.45) is 2.54. The van der Waals surface area contributed by atoms with Crippen LogP contribution in [0, 0.1) is 3.57 Å². The molecule has 1 aromatic carbocycles. The lowest BCUT2D eigenvalue weighted by molar-refractivity contribution is 0.625. The van der Waals surface area contributed by atoms with Crippen LogP contribution in [0.4, 0.5) is 5.69 Å². The topological polar surface area (TPSA) is 3.24 Å². The lowest BCUT2D eigenvalue weighted by Crippen LogP contribution is -2.35. The number of benzene rings is 1. The Labute approximate surface area is 99.6 Å². The molecule has 0 fully saturated rings. The lowest BCUT2D eigenvalue weighted by atomic mass is 10.0. The van der Waals surface area contributed by atoms with Gasteiger partial charge in [-0.15, -0.1) is 0 Å². The van der Waals surface area contributed by atoms with Crippen LogP contribution in [-0.4, -0.2) is 12.6 Å². The van der Waals surface area contributed by atoms with E-state index in [0.717, 1.165) is 0 Å². The maximum absolute atomic E-state index is 2.51. The molecule has 1 heterocycles. The van der Waals surface area contributed by atoms with Crippen LogP contribution < -0.4 is 4.90 Å². The number of aryl methyl sites for hydroxylation is 1. The molecule has 0 unspecified atom stereocenters. The minimum absolute atomic E-state index is 0.620. The van der Waals surface area contributed by atoms with Gasteiger partial charge in [-0.1, -0.05) is 0 Å². The van der Waals surface area contributed by atoms with Crippen LogP contribution in [0.1, 0.15) is 25.8 Å². The van der Waals surface area contributed by atoms with E-state index in [1.165, 1.54) is 34.2 Å². The van der Waals surface area contributed by atoms with Gasteiger partial charge in [-0.05, 0) is 73.0 Å². The van der Waals surface area contributed by atoms with Crippen molar-refractivity contribution in [2.45, 2.75) is 32.7 Å². The summed E-state index contributed by atoms with van der Waals surface area (Å²) in [5, 5.41) is 0. The Kier molecular flexibility index (Phi) is 3.00. The highest BCUT2D eigenvalue weighted by molar-refractivity contribution is 14.1. The van der Waals surface area contributed by atoms with Gasteiger partial charge in [0.1, 0.15) is 0 Å². The number of halogens is 1. The van der Waals surface area contributed by atoms with E-state index in [2.05, 4.69) is 59.5 Å². The van der Waals surface area contributed by atoms with Crippen LogP contribution in [0.2, 0.25) is 0 Å². The predicted molar refractivity (Wildman–Crippen MR) is 70.0 cm³/mol. The normalized spacial score (nSPS) is 15.9. The third-order valence-electron chi connectivity index (χ3n) is 2.82. The summed E-state index contributed by atoms with van der Waals surface area (Å²) in [7, 11) is 0. The van der Waals surface area contributed by atoms with Crippen molar-refractivity contribution in [1.29, 1.82) is 0 Å². The van der Waals surface area contributed by atoms with E-state index >= 15 is 0 Å². The van der Waals surface area contributed by atoms with Crippen molar-refractivity contribution >= 4 is 28.3 Å². The molecule has 76 valence electrons. The zero-order valence-corrected chi connectivity index (χ0v) is 10.9. The second-order valence-corrected chi connectivity index (χ2v) is 5.41. The summed E-state index contributed by atoms with van der Waals surface area (Å²) < 4.78 is 1.35. The van der Waals surface area contributed by atoms with Crippen molar-refractivity contribution in [3.63, 3.8) is 0 Å². The molecule has 0 radical (unpaired) electrons. The Morgan fingerprint density at radius 2 is 2.14 bits per heavy atom. The van der Waals surface area contributed by atoms with Crippen molar-refractivity contribution in [2.75, 3.05) is 11.4 Å². The van der Waals surface area contributed by atoms with Gasteiger partial charge in [0.2, 0.25) is 0 Å². The van der Waals surface area contributed by atoms with Crippen LogP contribution in [0.3, 0.4) is 0 Å². The molecule has 2 rings (SSSR count). The Bertz CT molecular complexity index is 333. The molecule has 0 aliphatic carbocycles. The van der Waals surface area contributed by atoms with Crippen molar-refractivity contribution in [3.8, 4) is 0 Å². The lowest BCUT2D eigenvalue weighted by Gasteiger charge is -2.34. The molecule has 0 spiro atoms. The van der Waals surface area contributed by atoms with Gasteiger partial charge in [-0.3, -0.25) is 0 Å². The standard InChI is InChI=1S/C12H16IN/c1-9(2)14-7-3-4-10-8-11(13)5-6-12(10)14/h5-6,8-9H,3-4,7H2,1-2H3. The summed E-state index contributed by atoms with van der Waals surface area (Å²) in [4.78, 5) is 2.51. The summed E-state index contributed by atoms with van der Waals surface area (Å²) in [6.45, 7) is 5.76. The smallest absolute Gasteiger partial charge is 0.0401 e. The van der Waals surface area contributed by atoms with Crippen molar-refractivity contribution in [3.05, 3.63) is 27.3 Å². The first kappa shape index (κ1) is 10.3. The van der Waals surface area contributed by atoms with E-state index < -0.39 is 0 Å². The Balaban J connectivity index is 2.40. The molecule has 1 aromatic rings. The van der Waals surface area contributed by atoms with Crippen molar-refractivity contribution in [2.24, 2.45) is 0 Å². The number of anilines is 1. The molecule has 0 N–H and O–H groups in total. The van der Waals surface area contributed by atoms with Gasteiger partial charge in [0.25, 0.3) is 0 Å². The van der Waals surface area contributed by atoms with Gasteiger partial charge < -0.3 is 4.90 Å². The highest BCUT2D eigenvalue weighted by Gasteiger charge is 2.18. The second-order valence-electron chi connectivity index (χ2n) is 4.16. The van der Waals surface area contributed by atoms with Gasteiger partial charge in [0.15, 0.2) is 0 Å². The molecule has 0 amide bonds. The highest BCUT2D eigenvalue weighted by Crippen LogP contribution is 2.29. The molecule has 0 saturated carbocycles. The van der Waals surface area contributed by atoms with Crippen LogP contribution in [0.15, 0.2) is 18.2 Å². The number of rotatable bonds is 1. The first-order valence-electron chi connectivity index (χ1n) is 5.23.